The first-order valence-corrected chi connectivity index (χ1v) is 5.65. The van der Waals surface area contributed by atoms with Crippen LogP contribution in [-0.4, -0.2) is 48.2 Å². The van der Waals surface area contributed by atoms with Gasteiger partial charge in [0.2, 0.25) is 0 Å². The first-order valence-electron chi connectivity index (χ1n) is 5.65. The predicted octanol–water partition coefficient (Wildman–Crippen LogP) is 0.865. The number of anilines is 1. The van der Waals surface area contributed by atoms with Gasteiger partial charge in [-0.05, 0) is 18.6 Å². The van der Waals surface area contributed by atoms with Crippen molar-refractivity contribution in [2.24, 2.45) is 0 Å². The van der Waals surface area contributed by atoms with E-state index < -0.39 is 5.60 Å². The maximum atomic E-state index is 8.94. The second kappa shape index (κ2) is 8.06. The summed E-state index contributed by atoms with van der Waals surface area (Å²) in [6.45, 7) is 0.951. The molecular weight excluding hydrogens is 218 g/mol. The molecule has 0 radical (unpaired) electrons. The minimum atomic E-state index is -1.26. The minimum Gasteiger partial charge on any atom is -0.393 e. The lowest BCUT2D eigenvalue weighted by molar-refractivity contribution is -0.0568. The summed E-state index contributed by atoms with van der Waals surface area (Å²) in [5.41, 5.74) is -0.0162. The summed E-state index contributed by atoms with van der Waals surface area (Å²) in [5.74, 6) is 0. The molecule has 0 saturated heterocycles. The van der Waals surface area contributed by atoms with E-state index in [0.717, 1.165) is 0 Å². The Bertz CT molecular complexity index is 276. The van der Waals surface area contributed by atoms with Crippen LogP contribution < -0.4 is 4.90 Å². The van der Waals surface area contributed by atoms with E-state index in [0.29, 0.717) is 6.42 Å². The summed E-state index contributed by atoms with van der Waals surface area (Å²) in [4.78, 5) is 2.08. The lowest BCUT2D eigenvalue weighted by atomic mass is 10.0. The van der Waals surface area contributed by atoms with E-state index in [2.05, 4.69) is 17.0 Å². The number of aliphatic hydroxyl groups is 3. The zero-order valence-corrected chi connectivity index (χ0v) is 10.8. The highest BCUT2D eigenvalue weighted by molar-refractivity contribution is 5.43. The van der Waals surface area contributed by atoms with Crippen molar-refractivity contribution >= 4 is 5.69 Å². The van der Waals surface area contributed by atoms with Crippen molar-refractivity contribution < 1.29 is 15.3 Å². The van der Waals surface area contributed by atoms with Gasteiger partial charge in [-0.2, -0.15) is 0 Å². The van der Waals surface area contributed by atoms with Gasteiger partial charge in [-0.25, -0.2) is 0 Å². The summed E-state index contributed by atoms with van der Waals surface area (Å²) in [6.07, 6.45) is 0.375. The van der Waals surface area contributed by atoms with Crippen LogP contribution in [0.25, 0.3) is 0 Å². The van der Waals surface area contributed by atoms with Gasteiger partial charge in [0.15, 0.2) is 0 Å². The van der Waals surface area contributed by atoms with E-state index in [-0.39, 0.29) is 13.2 Å². The van der Waals surface area contributed by atoms with Crippen LogP contribution in [-0.2, 0) is 0 Å². The zero-order valence-electron chi connectivity index (χ0n) is 10.8. The average molecular weight is 241 g/mol. The molecule has 4 nitrogen and oxygen atoms in total. The summed E-state index contributed by atoms with van der Waals surface area (Å²) in [7, 11) is 4.07. The third-order valence-corrected chi connectivity index (χ3v) is 2.52. The molecule has 0 bridgehead atoms. The number of nitrogens with zero attached hydrogens (tertiary/aromatic N) is 1. The van der Waals surface area contributed by atoms with Gasteiger partial charge in [-0.15, -0.1) is 0 Å². The fraction of sp³-hybridized carbons (Fsp3) is 0.538. The van der Waals surface area contributed by atoms with Crippen LogP contribution in [0, 0.1) is 0 Å². The molecule has 0 heterocycles. The Kier molecular flexibility index (Phi) is 7.54. The fourth-order valence-electron chi connectivity index (χ4n) is 1.000. The Morgan fingerprint density at radius 1 is 1.06 bits per heavy atom. The van der Waals surface area contributed by atoms with Gasteiger partial charge in [0.25, 0.3) is 0 Å². The van der Waals surface area contributed by atoms with Crippen molar-refractivity contribution in [3.05, 3.63) is 30.3 Å². The molecule has 4 heteroatoms. The van der Waals surface area contributed by atoms with Crippen molar-refractivity contribution in [2.75, 3.05) is 32.2 Å². The van der Waals surface area contributed by atoms with E-state index in [1.165, 1.54) is 5.69 Å². The van der Waals surface area contributed by atoms with Gasteiger partial charge in [-0.1, -0.05) is 25.1 Å². The van der Waals surface area contributed by atoms with Crippen molar-refractivity contribution in [3.8, 4) is 0 Å². The predicted molar refractivity (Wildman–Crippen MR) is 70.2 cm³/mol. The number of aliphatic hydroxyl groups excluding tert-OH is 2. The van der Waals surface area contributed by atoms with E-state index in [4.69, 9.17) is 15.3 Å². The van der Waals surface area contributed by atoms with Crippen LogP contribution >= 0.6 is 0 Å². The zero-order chi connectivity index (χ0) is 13.3. The highest BCUT2D eigenvalue weighted by Crippen LogP contribution is 2.07. The van der Waals surface area contributed by atoms with Gasteiger partial charge in [0.05, 0.1) is 13.2 Å². The smallest absolute Gasteiger partial charge is 0.110 e. The van der Waals surface area contributed by atoms with Crippen molar-refractivity contribution in [3.63, 3.8) is 0 Å². The van der Waals surface area contributed by atoms with E-state index >= 15 is 0 Å². The normalized spacial score (nSPS) is 10.5. The summed E-state index contributed by atoms with van der Waals surface area (Å²) >= 11 is 0. The largest absolute Gasteiger partial charge is 0.393 e. The quantitative estimate of drug-likeness (QED) is 0.732. The van der Waals surface area contributed by atoms with Crippen molar-refractivity contribution in [2.45, 2.75) is 18.9 Å². The molecule has 0 aliphatic heterocycles. The number of benzene rings is 1. The molecule has 0 aromatic heterocycles. The number of rotatable bonds is 4. The Hall–Kier alpha value is -1.10. The molecule has 0 aliphatic carbocycles. The van der Waals surface area contributed by atoms with Crippen LogP contribution in [0.5, 0.6) is 0 Å². The van der Waals surface area contributed by atoms with E-state index in [1.807, 2.05) is 32.3 Å². The standard InChI is InChI=1S/C8H11N.C5H12O3/c1-9(2)8-6-4-3-5-7-8;1-2-5(8,3-6)4-7/h3-7H,1-2H3;6-8H,2-4H2,1H3. The van der Waals surface area contributed by atoms with Gasteiger partial charge in [0.1, 0.15) is 5.60 Å². The Morgan fingerprint density at radius 2 is 1.53 bits per heavy atom. The van der Waals surface area contributed by atoms with Gasteiger partial charge < -0.3 is 20.2 Å². The molecule has 17 heavy (non-hydrogen) atoms. The lowest BCUT2D eigenvalue weighted by Gasteiger charge is -2.19. The summed E-state index contributed by atoms with van der Waals surface area (Å²) in [6, 6.07) is 10.3. The number of hydrogen-bond donors (Lipinski definition) is 3. The topological polar surface area (TPSA) is 63.9 Å². The Balaban J connectivity index is 0.000000304. The van der Waals surface area contributed by atoms with Crippen LogP contribution in [0.4, 0.5) is 5.69 Å². The van der Waals surface area contributed by atoms with Crippen LogP contribution in [0.1, 0.15) is 13.3 Å². The molecule has 3 N–H and O–H groups in total. The second-order valence-corrected chi connectivity index (χ2v) is 4.12. The van der Waals surface area contributed by atoms with Crippen LogP contribution in [0.15, 0.2) is 30.3 Å². The third kappa shape index (κ3) is 6.26. The second-order valence-electron chi connectivity index (χ2n) is 4.12. The molecule has 0 fully saturated rings. The van der Waals surface area contributed by atoms with Crippen molar-refractivity contribution in [1.82, 2.24) is 0 Å². The first kappa shape index (κ1) is 15.9. The maximum absolute atomic E-state index is 8.94. The number of hydrogen-bond acceptors (Lipinski definition) is 4. The third-order valence-electron chi connectivity index (χ3n) is 2.52. The van der Waals surface area contributed by atoms with E-state index in [9.17, 15) is 0 Å². The lowest BCUT2D eigenvalue weighted by Crippen LogP contribution is -2.36. The molecule has 0 amide bonds. The molecule has 0 atom stereocenters. The molecule has 1 aromatic carbocycles. The number of para-hydroxylation sites is 1. The Labute approximate surface area is 103 Å². The molecule has 98 valence electrons. The summed E-state index contributed by atoms with van der Waals surface area (Å²) < 4.78 is 0. The van der Waals surface area contributed by atoms with Gasteiger partial charge in [0, 0.05) is 19.8 Å². The molecule has 0 unspecified atom stereocenters. The molecule has 1 aromatic rings. The molecule has 0 aliphatic rings. The minimum absolute atomic E-state index is 0.375. The van der Waals surface area contributed by atoms with E-state index in [1.54, 1.807) is 6.92 Å². The van der Waals surface area contributed by atoms with Crippen molar-refractivity contribution in [1.29, 1.82) is 0 Å². The maximum Gasteiger partial charge on any atom is 0.110 e. The van der Waals surface area contributed by atoms with Gasteiger partial charge in [-0.3, -0.25) is 0 Å². The molecule has 0 saturated carbocycles. The summed E-state index contributed by atoms with van der Waals surface area (Å²) in [5, 5.41) is 25.7. The Morgan fingerprint density at radius 3 is 1.71 bits per heavy atom. The van der Waals surface area contributed by atoms with Gasteiger partial charge >= 0.3 is 0 Å². The highest BCUT2D eigenvalue weighted by atomic mass is 16.4. The molecular formula is C13H23NO3. The SMILES string of the molecule is CCC(O)(CO)CO.CN(C)c1ccccc1. The van der Waals surface area contributed by atoms with Crippen LogP contribution in [0.3, 0.4) is 0 Å². The molecule has 1 rings (SSSR count). The molecule has 0 spiro atoms. The highest BCUT2D eigenvalue weighted by Gasteiger charge is 2.21. The first-order chi connectivity index (χ1) is 7.99. The monoisotopic (exact) mass is 241 g/mol. The van der Waals surface area contributed by atoms with Crippen LogP contribution in [0.2, 0.25) is 0 Å². The average Bonchev–Trinajstić information content (AvgIpc) is 2.39. The fourth-order valence-corrected chi connectivity index (χ4v) is 1.000.